The van der Waals surface area contributed by atoms with Crippen molar-refractivity contribution < 1.29 is 9.47 Å². The first kappa shape index (κ1) is 13.5. The minimum Gasteiger partial charge on any atom is -0.491 e. The Balaban J connectivity index is 2.52. The van der Waals surface area contributed by atoms with E-state index in [9.17, 15) is 0 Å². The number of benzene rings is 1. The lowest BCUT2D eigenvalue weighted by Gasteiger charge is -2.13. The molecule has 90 valence electrons. The zero-order valence-electron chi connectivity index (χ0n) is 10.1. The van der Waals surface area contributed by atoms with E-state index in [0.29, 0.717) is 13.2 Å². The van der Waals surface area contributed by atoms with Crippen LogP contribution in [0.25, 0.3) is 0 Å². The van der Waals surface area contributed by atoms with Crippen LogP contribution in [0.1, 0.15) is 25.0 Å². The minimum atomic E-state index is 0.260. The van der Waals surface area contributed by atoms with E-state index in [1.807, 2.05) is 19.9 Å². The summed E-state index contributed by atoms with van der Waals surface area (Å²) in [6.07, 6.45) is 0.260. The van der Waals surface area contributed by atoms with Gasteiger partial charge in [-0.05, 0) is 26.3 Å². The third-order valence-electron chi connectivity index (χ3n) is 2.22. The van der Waals surface area contributed by atoms with Gasteiger partial charge in [0, 0.05) is 10.9 Å². The van der Waals surface area contributed by atoms with Gasteiger partial charge < -0.3 is 9.47 Å². The molecule has 0 fully saturated rings. The Morgan fingerprint density at radius 1 is 1.25 bits per heavy atom. The fraction of sp³-hybridized carbons (Fsp3) is 0.538. The third-order valence-corrected chi connectivity index (χ3v) is 2.82. The van der Waals surface area contributed by atoms with Gasteiger partial charge in [0.25, 0.3) is 0 Å². The van der Waals surface area contributed by atoms with E-state index in [1.54, 1.807) is 0 Å². The number of aryl methyl sites for hydroxylation is 1. The van der Waals surface area contributed by atoms with Gasteiger partial charge in [-0.2, -0.15) is 0 Å². The lowest BCUT2D eigenvalue weighted by Crippen LogP contribution is -2.12. The summed E-state index contributed by atoms with van der Waals surface area (Å²) in [6.45, 7) is 7.34. The number of halogens is 1. The topological polar surface area (TPSA) is 18.5 Å². The normalized spacial score (nSPS) is 10.8. The number of rotatable bonds is 6. The minimum absolute atomic E-state index is 0.260. The molecule has 1 rings (SSSR count). The summed E-state index contributed by atoms with van der Waals surface area (Å²) in [5, 5.41) is 0.815. The maximum absolute atomic E-state index is 5.75. The highest BCUT2D eigenvalue weighted by atomic mass is 79.9. The van der Waals surface area contributed by atoms with E-state index in [4.69, 9.17) is 9.47 Å². The van der Waals surface area contributed by atoms with E-state index in [-0.39, 0.29) is 6.10 Å². The second-order valence-corrected chi connectivity index (χ2v) is 4.53. The van der Waals surface area contributed by atoms with Crippen molar-refractivity contribution in [1.82, 2.24) is 0 Å². The van der Waals surface area contributed by atoms with Crippen molar-refractivity contribution in [3.05, 3.63) is 29.3 Å². The first-order chi connectivity index (χ1) is 7.65. The molecule has 0 radical (unpaired) electrons. The van der Waals surface area contributed by atoms with E-state index >= 15 is 0 Å². The summed E-state index contributed by atoms with van der Waals surface area (Å²) in [5.74, 6) is 0.978. The van der Waals surface area contributed by atoms with Crippen molar-refractivity contribution in [1.29, 1.82) is 0 Å². The smallest absolute Gasteiger partial charge is 0.126 e. The SMILES string of the molecule is Cc1cccc(CBr)c1OCCOC(C)C. The van der Waals surface area contributed by atoms with Crippen LogP contribution in [0.5, 0.6) is 5.75 Å². The Morgan fingerprint density at radius 2 is 2.00 bits per heavy atom. The summed E-state index contributed by atoms with van der Waals surface area (Å²) >= 11 is 3.46. The van der Waals surface area contributed by atoms with Gasteiger partial charge in [-0.15, -0.1) is 0 Å². The molecule has 0 heterocycles. The molecule has 16 heavy (non-hydrogen) atoms. The van der Waals surface area contributed by atoms with Gasteiger partial charge in [0.05, 0.1) is 12.7 Å². The Morgan fingerprint density at radius 3 is 2.62 bits per heavy atom. The van der Waals surface area contributed by atoms with Gasteiger partial charge in [0.2, 0.25) is 0 Å². The Bertz CT molecular complexity index is 324. The molecule has 0 aliphatic carbocycles. The summed E-state index contributed by atoms with van der Waals surface area (Å²) < 4.78 is 11.2. The number of hydrogen-bond acceptors (Lipinski definition) is 2. The number of ether oxygens (including phenoxy) is 2. The highest BCUT2D eigenvalue weighted by Crippen LogP contribution is 2.25. The molecular weight excluding hydrogens is 268 g/mol. The summed E-state index contributed by atoms with van der Waals surface area (Å²) in [5.41, 5.74) is 2.35. The summed E-state index contributed by atoms with van der Waals surface area (Å²) in [6, 6.07) is 6.18. The average molecular weight is 287 g/mol. The molecular formula is C13H19BrO2. The lowest BCUT2D eigenvalue weighted by molar-refractivity contribution is 0.0550. The molecule has 0 amide bonds. The fourth-order valence-corrected chi connectivity index (χ4v) is 1.89. The van der Waals surface area contributed by atoms with Crippen molar-refractivity contribution >= 4 is 15.9 Å². The standard InChI is InChI=1S/C13H19BrO2/c1-10(2)15-7-8-16-13-11(3)5-4-6-12(13)9-14/h4-6,10H,7-9H2,1-3H3. The molecule has 0 bridgehead atoms. The number of hydrogen-bond donors (Lipinski definition) is 0. The molecule has 1 aromatic rings. The highest BCUT2D eigenvalue weighted by molar-refractivity contribution is 9.08. The van der Waals surface area contributed by atoms with Crippen molar-refractivity contribution in [2.45, 2.75) is 32.2 Å². The molecule has 0 N–H and O–H groups in total. The predicted octanol–water partition coefficient (Wildman–Crippen LogP) is 3.69. The van der Waals surface area contributed by atoms with Crippen LogP contribution in [0.15, 0.2) is 18.2 Å². The van der Waals surface area contributed by atoms with Gasteiger partial charge in [-0.3, -0.25) is 0 Å². The molecule has 0 aromatic heterocycles. The van der Waals surface area contributed by atoms with E-state index < -0.39 is 0 Å². The van der Waals surface area contributed by atoms with Crippen LogP contribution >= 0.6 is 15.9 Å². The third kappa shape index (κ3) is 4.14. The van der Waals surface area contributed by atoms with Crippen molar-refractivity contribution in [3.8, 4) is 5.75 Å². The maximum atomic E-state index is 5.75. The van der Waals surface area contributed by atoms with Crippen LogP contribution in [0.3, 0.4) is 0 Å². The van der Waals surface area contributed by atoms with E-state index in [2.05, 4.69) is 35.0 Å². The fourth-order valence-electron chi connectivity index (χ4n) is 1.45. The van der Waals surface area contributed by atoms with E-state index in [1.165, 1.54) is 11.1 Å². The Hall–Kier alpha value is -0.540. The van der Waals surface area contributed by atoms with Crippen molar-refractivity contribution in [2.75, 3.05) is 13.2 Å². The molecule has 0 aliphatic heterocycles. The first-order valence-corrected chi connectivity index (χ1v) is 6.66. The zero-order chi connectivity index (χ0) is 12.0. The van der Waals surface area contributed by atoms with Gasteiger partial charge >= 0.3 is 0 Å². The number of para-hydroxylation sites is 1. The van der Waals surface area contributed by atoms with Crippen LogP contribution in [-0.2, 0) is 10.1 Å². The second kappa shape index (κ2) is 6.92. The van der Waals surface area contributed by atoms with Gasteiger partial charge in [-0.1, -0.05) is 34.1 Å². The number of alkyl halides is 1. The van der Waals surface area contributed by atoms with Crippen molar-refractivity contribution in [2.24, 2.45) is 0 Å². The molecule has 0 spiro atoms. The lowest BCUT2D eigenvalue weighted by atomic mass is 10.1. The molecule has 0 aliphatic rings. The molecule has 0 saturated heterocycles. The summed E-state index contributed by atoms with van der Waals surface area (Å²) in [7, 11) is 0. The van der Waals surface area contributed by atoms with Crippen LogP contribution in [0.2, 0.25) is 0 Å². The largest absolute Gasteiger partial charge is 0.491 e. The Kier molecular flexibility index (Phi) is 5.85. The predicted molar refractivity (Wildman–Crippen MR) is 70.4 cm³/mol. The van der Waals surface area contributed by atoms with Crippen LogP contribution in [-0.4, -0.2) is 19.3 Å². The quantitative estimate of drug-likeness (QED) is 0.587. The molecule has 3 heteroatoms. The van der Waals surface area contributed by atoms with Crippen LogP contribution < -0.4 is 4.74 Å². The molecule has 1 aromatic carbocycles. The van der Waals surface area contributed by atoms with Crippen LogP contribution in [0, 0.1) is 6.92 Å². The van der Waals surface area contributed by atoms with Gasteiger partial charge in [0.15, 0.2) is 0 Å². The monoisotopic (exact) mass is 286 g/mol. The maximum Gasteiger partial charge on any atom is 0.126 e. The molecule has 2 nitrogen and oxygen atoms in total. The van der Waals surface area contributed by atoms with Gasteiger partial charge in [-0.25, -0.2) is 0 Å². The summed E-state index contributed by atoms with van der Waals surface area (Å²) in [4.78, 5) is 0. The highest BCUT2D eigenvalue weighted by Gasteiger charge is 2.05. The molecule has 0 atom stereocenters. The average Bonchev–Trinajstić information content (AvgIpc) is 2.25. The Labute approximate surface area is 106 Å². The van der Waals surface area contributed by atoms with Crippen LogP contribution in [0.4, 0.5) is 0 Å². The molecule has 0 saturated carbocycles. The van der Waals surface area contributed by atoms with E-state index in [0.717, 1.165) is 11.1 Å². The molecule has 0 unspecified atom stereocenters. The second-order valence-electron chi connectivity index (χ2n) is 3.96. The first-order valence-electron chi connectivity index (χ1n) is 5.54. The van der Waals surface area contributed by atoms with Gasteiger partial charge in [0.1, 0.15) is 12.4 Å². The van der Waals surface area contributed by atoms with Crippen molar-refractivity contribution in [3.63, 3.8) is 0 Å². The zero-order valence-corrected chi connectivity index (χ0v) is 11.7.